The first-order valence-electron chi connectivity index (χ1n) is 6.67. The van der Waals surface area contributed by atoms with Gasteiger partial charge in [0, 0.05) is 12.1 Å². The van der Waals surface area contributed by atoms with Crippen molar-refractivity contribution in [3.8, 4) is 0 Å². The van der Waals surface area contributed by atoms with E-state index in [1.807, 2.05) is 0 Å². The van der Waals surface area contributed by atoms with Crippen molar-refractivity contribution >= 4 is 0 Å². The zero-order valence-electron chi connectivity index (χ0n) is 10.8. The second-order valence-electron chi connectivity index (χ2n) is 5.05. The van der Waals surface area contributed by atoms with Gasteiger partial charge in [-0.05, 0) is 59.2 Å². The number of hydrogen-bond acceptors (Lipinski definition) is 2. The van der Waals surface area contributed by atoms with Crippen molar-refractivity contribution in [3.63, 3.8) is 0 Å². The number of hydrogen-bond donors (Lipinski definition) is 1. The monoisotopic (exact) mass is 212 g/mol. The summed E-state index contributed by atoms with van der Waals surface area (Å²) in [7, 11) is 2.26. The second kappa shape index (κ2) is 7.24. The van der Waals surface area contributed by atoms with Crippen LogP contribution in [-0.4, -0.2) is 37.1 Å². The molecule has 1 atom stereocenters. The lowest BCUT2D eigenvalue weighted by atomic mass is 10.1. The third-order valence-corrected chi connectivity index (χ3v) is 3.41. The van der Waals surface area contributed by atoms with E-state index in [4.69, 9.17) is 0 Å². The number of rotatable bonds is 9. The van der Waals surface area contributed by atoms with Crippen LogP contribution in [0.1, 0.15) is 52.4 Å². The first-order valence-corrected chi connectivity index (χ1v) is 6.67. The molecule has 0 radical (unpaired) electrons. The van der Waals surface area contributed by atoms with Crippen molar-refractivity contribution in [3.05, 3.63) is 0 Å². The largest absolute Gasteiger partial charge is 0.314 e. The van der Waals surface area contributed by atoms with E-state index in [1.54, 1.807) is 0 Å². The molecule has 1 aliphatic carbocycles. The van der Waals surface area contributed by atoms with Crippen LogP contribution < -0.4 is 5.32 Å². The average molecular weight is 212 g/mol. The summed E-state index contributed by atoms with van der Waals surface area (Å²) < 4.78 is 0. The summed E-state index contributed by atoms with van der Waals surface area (Å²) in [6.45, 7) is 7.09. The van der Waals surface area contributed by atoms with Crippen LogP contribution in [0.3, 0.4) is 0 Å². The lowest BCUT2D eigenvalue weighted by Crippen LogP contribution is -2.30. The quantitative estimate of drug-likeness (QED) is 0.591. The van der Waals surface area contributed by atoms with Crippen LogP contribution in [-0.2, 0) is 0 Å². The van der Waals surface area contributed by atoms with Gasteiger partial charge in [0.05, 0.1) is 0 Å². The maximum absolute atomic E-state index is 3.57. The van der Waals surface area contributed by atoms with Gasteiger partial charge in [0.1, 0.15) is 0 Å². The van der Waals surface area contributed by atoms with Crippen molar-refractivity contribution < 1.29 is 0 Å². The van der Waals surface area contributed by atoms with Crippen LogP contribution in [0, 0.1) is 0 Å². The average Bonchev–Trinajstić information content (AvgIpc) is 3.01. The van der Waals surface area contributed by atoms with Crippen LogP contribution in [0.4, 0.5) is 0 Å². The molecule has 2 nitrogen and oxygen atoms in total. The van der Waals surface area contributed by atoms with Gasteiger partial charge in [0.15, 0.2) is 0 Å². The van der Waals surface area contributed by atoms with E-state index in [0.717, 1.165) is 12.1 Å². The van der Waals surface area contributed by atoms with Gasteiger partial charge in [-0.1, -0.05) is 13.3 Å². The molecule has 0 amide bonds. The number of unbranched alkanes of at least 4 members (excludes halogenated alkanes) is 1. The molecule has 0 aromatic heterocycles. The highest BCUT2D eigenvalue weighted by Gasteiger charge is 2.19. The Bertz CT molecular complexity index is 155. The zero-order chi connectivity index (χ0) is 11.1. The van der Waals surface area contributed by atoms with Gasteiger partial charge in [-0.25, -0.2) is 0 Å². The molecule has 1 N–H and O–H groups in total. The summed E-state index contributed by atoms with van der Waals surface area (Å²) in [6, 6.07) is 1.63. The van der Waals surface area contributed by atoms with E-state index in [-0.39, 0.29) is 0 Å². The standard InChI is InChI=1S/C13H28N2/c1-4-7-12(2)15(3)11-6-5-10-14-13-8-9-13/h12-14H,4-11H2,1-3H3. The molecule has 0 bridgehead atoms. The highest BCUT2D eigenvalue weighted by molar-refractivity contribution is 4.80. The van der Waals surface area contributed by atoms with Crippen LogP contribution in [0.5, 0.6) is 0 Å². The van der Waals surface area contributed by atoms with E-state index in [2.05, 4.69) is 31.1 Å². The van der Waals surface area contributed by atoms with E-state index in [0.29, 0.717) is 0 Å². The number of nitrogens with one attached hydrogen (secondary N) is 1. The van der Waals surface area contributed by atoms with E-state index in [9.17, 15) is 0 Å². The fourth-order valence-corrected chi connectivity index (χ4v) is 1.94. The Labute approximate surface area is 95.4 Å². The maximum atomic E-state index is 3.57. The van der Waals surface area contributed by atoms with Crippen molar-refractivity contribution in [2.75, 3.05) is 20.1 Å². The van der Waals surface area contributed by atoms with Gasteiger partial charge in [0.2, 0.25) is 0 Å². The molecule has 0 heterocycles. The molecule has 2 heteroatoms. The predicted molar refractivity (Wildman–Crippen MR) is 67.3 cm³/mol. The third kappa shape index (κ3) is 6.16. The van der Waals surface area contributed by atoms with Gasteiger partial charge in [-0.2, -0.15) is 0 Å². The Morgan fingerprint density at radius 1 is 1.33 bits per heavy atom. The van der Waals surface area contributed by atoms with Gasteiger partial charge in [0.25, 0.3) is 0 Å². The summed E-state index contributed by atoms with van der Waals surface area (Å²) >= 11 is 0. The molecule has 1 aliphatic rings. The normalized spacial score (nSPS) is 18.4. The van der Waals surface area contributed by atoms with Crippen molar-refractivity contribution in [1.82, 2.24) is 10.2 Å². The predicted octanol–water partition coefficient (Wildman–Crippen LogP) is 2.64. The zero-order valence-corrected chi connectivity index (χ0v) is 10.8. The van der Waals surface area contributed by atoms with E-state index in [1.165, 1.54) is 51.6 Å². The van der Waals surface area contributed by atoms with Crippen molar-refractivity contribution in [2.45, 2.75) is 64.5 Å². The van der Waals surface area contributed by atoms with E-state index < -0.39 is 0 Å². The summed E-state index contributed by atoms with van der Waals surface area (Å²) in [5, 5.41) is 3.57. The summed E-state index contributed by atoms with van der Waals surface area (Å²) in [5.41, 5.74) is 0. The van der Waals surface area contributed by atoms with Gasteiger partial charge >= 0.3 is 0 Å². The Morgan fingerprint density at radius 2 is 2.07 bits per heavy atom. The molecule has 1 unspecified atom stereocenters. The Hall–Kier alpha value is -0.0800. The van der Waals surface area contributed by atoms with Gasteiger partial charge < -0.3 is 10.2 Å². The van der Waals surface area contributed by atoms with Crippen molar-refractivity contribution in [2.24, 2.45) is 0 Å². The topological polar surface area (TPSA) is 15.3 Å². The Balaban J connectivity index is 1.88. The molecule has 1 rings (SSSR count). The van der Waals surface area contributed by atoms with E-state index >= 15 is 0 Å². The molecule has 1 saturated carbocycles. The summed E-state index contributed by atoms with van der Waals surface area (Å²) in [6.07, 6.45) is 8.12. The van der Waals surface area contributed by atoms with Crippen LogP contribution >= 0.6 is 0 Å². The first-order chi connectivity index (χ1) is 7.24. The summed E-state index contributed by atoms with van der Waals surface area (Å²) in [4.78, 5) is 2.50. The fourth-order valence-electron chi connectivity index (χ4n) is 1.94. The third-order valence-electron chi connectivity index (χ3n) is 3.41. The van der Waals surface area contributed by atoms with Crippen LogP contribution in [0.15, 0.2) is 0 Å². The molecular weight excluding hydrogens is 184 g/mol. The molecule has 1 fully saturated rings. The lowest BCUT2D eigenvalue weighted by Gasteiger charge is -2.24. The molecule has 0 spiro atoms. The maximum Gasteiger partial charge on any atom is 0.00682 e. The van der Waals surface area contributed by atoms with Crippen molar-refractivity contribution in [1.29, 1.82) is 0 Å². The minimum absolute atomic E-state index is 0.756. The molecule has 90 valence electrons. The molecule has 0 saturated heterocycles. The summed E-state index contributed by atoms with van der Waals surface area (Å²) in [5.74, 6) is 0. The smallest absolute Gasteiger partial charge is 0.00682 e. The molecular formula is C13H28N2. The highest BCUT2D eigenvalue weighted by Crippen LogP contribution is 2.18. The SMILES string of the molecule is CCCC(C)N(C)CCCCNC1CC1. The van der Waals surface area contributed by atoms with Gasteiger partial charge in [-0.15, -0.1) is 0 Å². The molecule has 0 aromatic rings. The second-order valence-corrected chi connectivity index (χ2v) is 5.05. The fraction of sp³-hybridized carbons (Fsp3) is 1.00. The Morgan fingerprint density at radius 3 is 2.67 bits per heavy atom. The minimum Gasteiger partial charge on any atom is -0.314 e. The van der Waals surface area contributed by atoms with Crippen LogP contribution in [0.25, 0.3) is 0 Å². The Kier molecular flexibility index (Phi) is 6.26. The minimum atomic E-state index is 0.756. The number of nitrogens with zero attached hydrogens (tertiary/aromatic N) is 1. The molecule has 15 heavy (non-hydrogen) atoms. The highest BCUT2D eigenvalue weighted by atomic mass is 15.1. The molecule has 0 aliphatic heterocycles. The first kappa shape index (κ1) is 13.0. The van der Waals surface area contributed by atoms with Crippen LogP contribution in [0.2, 0.25) is 0 Å². The molecule has 0 aromatic carbocycles. The van der Waals surface area contributed by atoms with Gasteiger partial charge in [-0.3, -0.25) is 0 Å². The lowest BCUT2D eigenvalue weighted by molar-refractivity contribution is 0.240.